The third kappa shape index (κ3) is 2.70. The Hall–Kier alpha value is -1.96. The molecule has 22 heavy (non-hydrogen) atoms. The van der Waals surface area contributed by atoms with Gasteiger partial charge in [0.05, 0.1) is 17.7 Å². The van der Waals surface area contributed by atoms with Crippen LogP contribution in [-0.4, -0.2) is 40.3 Å². The average molecular weight is 322 g/mol. The predicted molar refractivity (Wildman–Crippen MR) is 80.0 cm³/mol. The summed E-state index contributed by atoms with van der Waals surface area (Å²) in [4.78, 5) is 41.5. The summed E-state index contributed by atoms with van der Waals surface area (Å²) in [6.07, 6.45) is 2.22. The van der Waals surface area contributed by atoms with Crippen LogP contribution < -0.4 is 10.6 Å². The predicted octanol–water partition coefficient (Wildman–Crippen LogP) is 0.870. The van der Waals surface area contributed by atoms with E-state index in [2.05, 4.69) is 15.6 Å². The first kappa shape index (κ1) is 15.0. The van der Waals surface area contributed by atoms with Crippen LogP contribution in [0.25, 0.3) is 0 Å². The number of urea groups is 1. The summed E-state index contributed by atoms with van der Waals surface area (Å²) in [5.74, 6) is -0.286. The molecule has 2 heterocycles. The van der Waals surface area contributed by atoms with E-state index in [1.807, 2.05) is 5.38 Å². The zero-order valence-corrected chi connectivity index (χ0v) is 13.1. The van der Waals surface area contributed by atoms with E-state index >= 15 is 0 Å². The molecule has 1 spiro atoms. The summed E-state index contributed by atoms with van der Waals surface area (Å²) < 4.78 is 0. The molecular weight excluding hydrogens is 304 g/mol. The number of aromatic nitrogens is 1. The van der Waals surface area contributed by atoms with E-state index in [1.165, 1.54) is 11.3 Å². The Kier molecular flexibility index (Phi) is 3.86. The van der Waals surface area contributed by atoms with Gasteiger partial charge in [-0.05, 0) is 25.7 Å². The molecule has 1 aromatic heterocycles. The van der Waals surface area contributed by atoms with Crippen molar-refractivity contribution in [2.45, 2.75) is 37.8 Å². The van der Waals surface area contributed by atoms with Crippen LogP contribution in [0.4, 0.5) is 4.79 Å². The van der Waals surface area contributed by atoms with Crippen molar-refractivity contribution in [2.24, 2.45) is 5.92 Å². The van der Waals surface area contributed by atoms with E-state index in [0.29, 0.717) is 32.2 Å². The molecule has 3 rings (SSSR count). The molecule has 1 aliphatic heterocycles. The fourth-order valence-electron chi connectivity index (χ4n) is 3.19. The van der Waals surface area contributed by atoms with E-state index in [9.17, 15) is 14.4 Å². The molecule has 1 saturated heterocycles. The molecule has 0 bridgehead atoms. The van der Waals surface area contributed by atoms with Gasteiger partial charge >= 0.3 is 6.03 Å². The van der Waals surface area contributed by atoms with E-state index < -0.39 is 11.6 Å². The summed E-state index contributed by atoms with van der Waals surface area (Å²) in [5, 5.41) is 6.92. The number of nitrogens with one attached hydrogen (secondary N) is 2. The van der Waals surface area contributed by atoms with Crippen LogP contribution in [0, 0.1) is 5.92 Å². The Morgan fingerprint density at radius 2 is 2.18 bits per heavy atom. The normalized spacial score (nSPS) is 27.6. The first-order valence-corrected chi connectivity index (χ1v) is 8.20. The molecule has 1 aliphatic carbocycles. The van der Waals surface area contributed by atoms with Gasteiger partial charge in [-0.15, -0.1) is 11.3 Å². The highest BCUT2D eigenvalue weighted by atomic mass is 32.1. The Labute approximate surface area is 132 Å². The topological polar surface area (TPSA) is 91.4 Å². The van der Waals surface area contributed by atoms with Crippen LogP contribution >= 0.6 is 11.3 Å². The summed E-state index contributed by atoms with van der Waals surface area (Å²) in [6.45, 7) is 0.501. The third-order valence-corrected chi connectivity index (χ3v) is 5.10. The Morgan fingerprint density at radius 1 is 1.45 bits per heavy atom. The first-order chi connectivity index (χ1) is 10.5. The average Bonchev–Trinajstić information content (AvgIpc) is 3.08. The molecule has 8 heteroatoms. The second-order valence-corrected chi connectivity index (χ2v) is 6.66. The second kappa shape index (κ2) is 5.68. The SMILES string of the molecule is CN(Cc1cscn1)C(=O)C1CCC2(CC1)NC(=O)NC2=O. The van der Waals surface area contributed by atoms with Gasteiger partial charge in [-0.2, -0.15) is 0 Å². The van der Waals surface area contributed by atoms with Crippen LogP contribution in [0.1, 0.15) is 31.4 Å². The van der Waals surface area contributed by atoms with Crippen molar-refractivity contribution in [3.8, 4) is 0 Å². The van der Waals surface area contributed by atoms with E-state index in [4.69, 9.17) is 0 Å². The molecule has 1 saturated carbocycles. The maximum Gasteiger partial charge on any atom is 0.322 e. The monoisotopic (exact) mass is 322 g/mol. The molecule has 1 aromatic rings. The van der Waals surface area contributed by atoms with Crippen molar-refractivity contribution < 1.29 is 14.4 Å². The van der Waals surface area contributed by atoms with Crippen molar-refractivity contribution in [3.63, 3.8) is 0 Å². The number of rotatable bonds is 3. The highest BCUT2D eigenvalue weighted by Gasteiger charge is 2.49. The minimum atomic E-state index is -0.804. The number of thiazole rings is 1. The van der Waals surface area contributed by atoms with Gasteiger partial charge in [-0.25, -0.2) is 9.78 Å². The van der Waals surface area contributed by atoms with Crippen molar-refractivity contribution >= 4 is 29.2 Å². The number of hydrogen-bond acceptors (Lipinski definition) is 5. The molecular formula is C14H18N4O3S. The molecule has 0 radical (unpaired) electrons. The van der Waals surface area contributed by atoms with Crippen molar-refractivity contribution in [2.75, 3.05) is 7.05 Å². The molecule has 2 aliphatic rings. The van der Waals surface area contributed by atoms with Gasteiger partial charge in [-0.3, -0.25) is 14.9 Å². The van der Waals surface area contributed by atoms with Gasteiger partial charge in [0.2, 0.25) is 5.91 Å². The number of imide groups is 1. The lowest BCUT2D eigenvalue weighted by Gasteiger charge is -2.35. The first-order valence-electron chi connectivity index (χ1n) is 7.26. The molecule has 0 unspecified atom stereocenters. The maximum atomic E-state index is 12.5. The molecule has 2 fully saturated rings. The summed E-state index contributed by atoms with van der Waals surface area (Å²) in [5.41, 5.74) is 1.83. The maximum absolute atomic E-state index is 12.5. The van der Waals surface area contributed by atoms with E-state index in [1.54, 1.807) is 17.5 Å². The minimum absolute atomic E-state index is 0.0765. The van der Waals surface area contributed by atoms with Gasteiger partial charge in [0.15, 0.2) is 0 Å². The fraction of sp³-hybridized carbons (Fsp3) is 0.571. The van der Waals surface area contributed by atoms with Crippen LogP contribution in [0.5, 0.6) is 0 Å². The molecule has 7 nitrogen and oxygen atoms in total. The summed E-state index contributed by atoms with van der Waals surface area (Å²) in [7, 11) is 1.77. The lowest BCUT2D eigenvalue weighted by atomic mass is 9.76. The van der Waals surface area contributed by atoms with Gasteiger partial charge in [0.1, 0.15) is 5.54 Å². The summed E-state index contributed by atoms with van der Waals surface area (Å²) in [6, 6.07) is -0.435. The smallest absolute Gasteiger partial charge is 0.322 e. The van der Waals surface area contributed by atoms with Crippen LogP contribution in [0.2, 0.25) is 0 Å². The van der Waals surface area contributed by atoms with Crippen molar-refractivity contribution in [3.05, 3.63) is 16.6 Å². The van der Waals surface area contributed by atoms with Crippen molar-refractivity contribution in [1.82, 2.24) is 20.5 Å². The lowest BCUT2D eigenvalue weighted by molar-refractivity contribution is -0.137. The van der Waals surface area contributed by atoms with Gasteiger partial charge in [0.25, 0.3) is 5.91 Å². The number of carbonyl (C=O) groups is 3. The summed E-state index contributed by atoms with van der Waals surface area (Å²) >= 11 is 1.51. The molecule has 4 amide bonds. The highest BCUT2D eigenvalue weighted by molar-refractivity contribution is 7.07. The number of hydrogen-bond donors (Lipinski definition) is 2. The molecule has 0 aromatic carbocycles. The lowest BCUT2D eigenvalue weighted by Crippen LogP contribution is -2.50. The van der Waals surface area contributed by atoms with E-state index in [0.717, 1.165) is 5.69 Å². The Morgan fingerprint density at radius 3 is 2.73 bits per heavy atom. The zero-order valence-electron chi connectivity index (χ0n) is 12.3. The molecule has 118 valence electrons. The van der Waals surface area contributed by atoms with Gasteiger partial charge < -0.3 is 10.2 Å². The quantitative estimate of drug-likeness (QED) is 0.808. The molecule has 2 N–H and O–H groups in total. The second-order valence-electron chi connectivity index (χ2n) is 5.94. The standard InChI is InChI=1S/C14H18N4O3S/c1-18(6-10-7-22-8-15-10)11(19)9-2-4-14(5-3-9)12(20)16-13(21)17-14/h7-9H,2-6H2,1H3,(H2,16,17,20,21). The number of amides is 4. The number of carbonyl (C=O) groups excluding carboxylic acids is 3. The van der Waals surface area contributed by atoms with Crippen LogP contribution in [0.15, 0.2) is 10.9 Å². The minimum Gasteiger partial charge on any atom is -0.340 e. The molecule has 0 atom stereocenters. The third-order valence-electron chi connectivity index (χ3n) is 4.46. The number of nitrogens with zero attached hydrogens (tertiary/aromatic N) is 2. The largest absolute Gasteiger partial charge is 0.340 e. The van der Waals surface area contributed by atoms with E-state index in [-0.39, 0.29) is 17.7 Å². The van der Waals surface area contributed by atoms with Crippen LogP contribution in [-0.2, 0) is 16.1 Å². The van der Waals surface area contributed by atoms with Crippen molar-refractivity contribution in [1.29, 1.82) is 0 Å². The van der Waals surface area contributed by atoms with Crippen LogP contribution in [0.3, 0.4) is 0 Å². The van der Waals surface area contributed by atoms with Gasteiger partial charge in [0, 0.05) is 18.3 Å². The highest BCUT2D eigenvalue weighted by Crippen LogP contribution is 2.35. The van der Waals surface area contributed by atoms with Gasteiger partial charge in [-0.1, -0.05) is 0 Å². The Balaban J connectivity index is 1.58. The zero-order chi connectivity index (χ0) is 15.7. The Bertz CT molecular complexity index is 593. The fourth-order valence-corrected chi connectivity index (χ4v) is 3.74.